The van der Waals surface area contributed by atoms with Crippen molar-refractivity contribution < 1.29 is 14.3 Å². The van der Waals surface area contributed by atoms with Crippen LogP contribution in [0.1, 0.15) is 44.1 Å². The number of rotatable bonds is 6. The minimum atomic E-state index is -0.773. The van der Waals surface area contributed by atoms with Crippen LogP contribution in [0.15, 0.2) is 24.3 Å². The molecule has 1 fully saturated rings. The van der Waals surface area contributed by atoms with Gasteiger partial charge in [-0.3, -0.25) is 9.69 Å². The Labute approximate surface area is 125 Å². The van der Waals surface area contributed by atoms with Crippen molar-refractivity contribution in [3.63, 3.8) is 0 Å². The van der Waals surface area contributed by atoms with Crippen molar-refractivity contribution in [2.45, 2.75) is 57.0 Å². The zero-order chi connectivity index (χ0) is 15.2. The smallest absolute Gasteiger partial charge is 0.304 e. The van der Waals surface area contributed by atoms with Crippen molar-refractivity contribution in [3.05, 3.63) is 35.6 Å². The summed E-state index contributed by atoms with van der Waals surface area (Å²) in [4.78, 5) is 13.4. The lowest BCUT2D eigenvalue weighted by molar-refractivity contribution is -0.138. The molecule has 0 saturated heterocycles. The SMILES string of the molecule is CN(C1CCCCC1)C(CC(=O)O)Cc1ccc(F)cc1. The number of benzene rings is 1. The van der Waals surface area contributed by atoms with Crippen molar-refractivity contribution in [3.8, 4) is 0 Å². The molecule has 4 heteroatoms. The van der Waals surface area contributed by atoms with Gasteiger partial charge in [-0.1, -0.05) is 31.4 Å². The summed E-state index contributed by atoms with van der Waals surface area (Å²) in [6.07, 6.45) is 6.82. The van der Waals surface area contributed by atoms with Crippen molar-refractivity contribution in [1.82, 2.24) is 4.90 Å². The van der Waals surface area contributed by atoms with Crippen LogP contribution in [0.5, 0.6) is 0 Å². The minimum Gasteiger partial charge on any atom is -0.481 e. The number of aliphatic carboxylic acids is 1. The highest BCUT2D eigenvalue weighted by Crippen LogP contribution is 2.25. The third kappa shape index (κ3) is 4.81. The van der Waals surface area contributed by atoms with Gasteiger partial charge in [0, 0.05) is 12.1 Å². The Bertz CT molecular complexity index is 454. The summed E-state index contributed by atoms with van der Waals surface area (Å²) in [5.41, 5.74) is 0.991. The van der Waals surface area contributed by atoms with E-state index >= 15 is 0 Å². The Morgan fingerprint density at radius 1 is 1.29 bits per heavy atom. The van der Waals surface area contributed by atoms with Crippen LogP contribution in [-0.2, 0) is 11.2 Å². The lowest BCUT2D eigenvalue weighted by atomic mass is 9.92. The van der Waals surface area contributed by atoms with Crippen LogP contribution < -0.4 is 0 Å². The van der Waals surface area contributed by atoms with Crippen molar-refractivity contribution in [2.24, 2.45) is 0 Å². The van der Waals surface area contributed by atoms with Gasteiger partial charge in [0.1, 0.15) is 5.82 Å². The average Bonchev–Trinajstić information content (AvgIpc) is 2.48. The first-order chi connectivity index (χ1) is 10.1. The lowest BCUT2D eigenvalue weighted by Crippen LogP contribution is -2.43. The summed E-state index contributed by atoms with van der Waals surface area (Å²) in [5.74, 6) is -1.03. The van der Waals surface area contributed by atoms with E-state index in [1.807, 2.05) is 7.05 Å². The first-order valence-electron chi connectivity index (χ1n) is 7.74. The van der Waals surface area contributed by atoms with Crippen LogP contribution in [0.25, 0.3) is 0 Å². The van der Waals surface area contributed by atoms with Gasteiger partial charge in [-0.15, -0.1) is 0 Å². The largest absolute Gasteiger partial charge is 0.481 e. The highest BCUT2D eigenvalue weighted by Gasteiger charge is 2.26. The molecule has 1 unspecified atom stereocenters. The molecule has 0 radical (unpaired) electrons. The number of likely N-dealkylation sites (N-methyl/N-ethyl adjacent to an activating group) is 1. The molecule has 3 nitrogen and oxygen atoms in total. The molecule has 116 valence electrons. The number of carbonyl (C=O) groups is 1. The number of nitrogens with zero attached hydrogens (tertiary/aromatic N) is 1. The van der Waals surface area contributed by atoms with E-state index in [0.717, 1.165) is 18.4 Å². The number of hydrogen-bond donors (Lipinski definition) is 1. The first-order valence-corrected chi connectivity index (χ1v) is 7.74. The third-order valence-electron chi connectivity index (χ3n) is 4.52. The van der Waals surface area contributed by atoms with Gasteiger partial charge in [0.15, 0.2) is 0 Å². The van der Waals surface area contributed by atoms with E-state index in [1.165, 1.54) is 31.4 Å². The summed E-state index contributed by atoms with van der Waals surface area (Å²) in [6.45, 7) is 0. The average molecular weight is 293 g/mol. The van der Waals surface area contributed by atoms with E-state index in [9.17, 15) is 9.18 Å². The molecule has 21 heavy (non-hydrogen) atoms. The molecule has 0 bridgehead atoms. The third-order valence-corrected chi connectivity index (χ3v) is 4.52. The Balaban J connectivity index is 2.05. The van der Waals surface area contributed by atoms with Gasteiger partial charge < -0.3 is 5.11 Å². The summed E-state index contributed by atoms with van der Waals surface area (Å²) in [5, 5.41) is 9.17. The molecule has 1 atom stereocenters. The van der Waals surface area contributed by atoms with Crippen LogP contribution in [0, 0.1) is 5.82 Å². The van der Waals surface area contributed by atoms with Gasteiger partial charge in [-0.05, 0) is 44.0 Å². The summed E-state index contributed by atoms with van der Waals surface area (Å²) >= 11 is 0. The lowest BCUT2D eigenvalue weighted by Gasteiger charge is -2.36. The molecule has 1 aliphatic carbocycles. The molecule has 0 amide bonds. The zero-order valence-corrected chi connectivity index (χ0v) is 12.6. The van der Waals surface area contributed by atoms with Crippen LogP contribution >= 0.6 is 0 Å². The summed E-state index contributed by atoms with van der Waals surface area (Å²) in [7, 11) is 2.03. The molecule has 1 aromatic carbocycles. The Hall–Kier alpha value is -1.42. The molecule has 1 N–H and O–H groups in total. The molecular weight excluding hydrogens is 269 g/mol. The van der Waals surface area contributed by atoms with Crippen molar-refractivity contribution >= 4 is 5.97 Å². The highest BCUT2D eigenvalue weighted by atomic mass is 19.1. The van der Waals surface area contributed by atoms with E-state index in [-0.39, 0.29) is 18.3 Å². The molecule has 1 saturated carbocycles. The van der Waals surface area contributed by atoms with Gasteiger partial charge in [0.25, 0.3) is 0 Å². The second-order valence-electron chi connectivity index (χ2n) is 6.04. The monoisotopic (exact) mass is 293 g/mol. The van der Waals surface area contributed by atoms with E-state index in [4.69, 9.17) is 5.11 Å². The van der Waals surface area contributed by atoms with E-state index in [2.05, 4.69) is 4.90 Å². The van der Waals surface area contributed by atoms with Crippen LogP contribution in [0.2, 0.25) is 0 Å². The Morgan fingerprint density at radius 3 is 2.48 bits per heavy atom. The van der Waals surface area contributed by atoms with Crippen molar-refractivity contribution in [2.75, 3.05) is 7.05 Å². The number of hydrogen-bond acceptors (Lipinski definition) is 2. The van der Waals surface area contributed by atoms with E-state index in [0.29, 0.717) is 12.5 Å². The second kappa shape index (κ2) is 7.55. The fraction of sp³-hybridized carbons (Fsp3) is 0.588. The molecule has 0 aliphatic heterocycles. The second-order valence-corrected chi connectivity index (χ2v) is 6.04. The molecule has 1 aliphatic rings. The predicted molar refractivity (Wildman–Crippen MR) is 80.8 cm³/mol. The quantitative estimate of drug-likeness (QED) is 0.873. The maximum Gasteiger partial charge on any atom is 0.304 e. The fourth-order valence-corrected chi connectivity index (χ4v) is 3.24. The highest BCUT2D eigenvalue weighted by molar-refractivity contribution is 5.67. The Morgan fingerprint density at radius 2 is 1.90 bits per heavy atom. The predicted octanol–water partition coefficient (Wildman–Crippen LogP) is 3.48. The maximum atomic E-state index is 13.0. The number of halogens is 1. The molecule has 0 spiro atoms. The molecule has 2 rings (SSSR count). The zero-order valence-electron chi connectivity index (χ0n) is 12.6. The normalized spacial score (nSPS) is 17.9. The number of carboxylic acids is 1. The van der Waals surface area contributed by atoms with E-state index in [1.54, 1.807) is 12.1 Å². The minimum absolute atomic E-state index is 0.0314. The summed E-state index contributed by atoms with van der Waals surface area (Å²) < 4.78 is 13.0. The van der Waals surface area contributed by atoms with E-state index < -0.39 is 5.97 Å². The maximum absolute atomic E-state index is 13.0. The van der Waals surface area contributed by atoms with Crippen LogP contribution in [0.4, 0.5) is 4.39 Å². The molecular formula is C17H24FNO2. The Kier molecular flexibility index (Phi) is 5.74. The van der Waals surface area contributed by atoms with Crippen LogP contribution in [-0.4, -0.2) is 35.1 Å². The summed E-state index contributed by atoms with van der Waals surface area (Å²) in [6, 6.07) is 6.82. The topological polar surface area (TPSA) is 40.5 Å². The van der Waals surface area contributed by atoms with Crippen molar-refractivity contribution in [1.29, 1.82) is 0 Å². The van der Waals surface area contributed by atoms with Gasteiger partial charge in [-0.25, -0.2) is 4.39 Å². The van der Waals surface area contributed by atoms with Gasteiger partial charge in [0.2, 0.25) is 0 Å². The first kappa shape index (κ1) is 16.0. The molecule has 1 aromatic rings. The molecule has 0 heterocycles. The van der Waals surface area contributed by atoms with Crippen LogP contribution in [0.3, 0.4) is 0 Å². The van der Waals surface area contributed by atoms with Gasteiger partial charge in [0.05, 0.1) is 6.42 Å². The van der Waals surface area contributed by atoms with Gasteiger partial charge in [-0.2, -0.15) is 0 Å². The standard InChI is InChI=1S/C17H24FNO2/c1-19(15-5-3-2-4-6-15)16(12-17(20)21)11-13-7-9-14(18)10-8-13/h7-10,15-16H,2-6,11-12H2,1H3,(H,20,21). The van der Waals surface area contributed by atoms with Gasteiger partial charge >= 0.3 is 5.97 Å². The number of carboxylic acid groups (broad SMARTS) is 1. The fourth-order valence-electron chi connectivity index (χ4n) is 3.24. The molecule has 0 aromatic heterocycles.